The van der Waals surface area contributed by atoms with E-state index in [9.17, 15) is 4.79 Å². The minimum atomic E-state index is -1.27. The highest BCUT2D eigenvalue weighted by molar-refractivity contribution is 5.71. The average molecular weight is 540 g/mol. The third-order valence-corrected chi connectivity index (χ3v) is 7.72. The van der Waals surface area contributed by atoms with E-state index < -0.39 is 11.3 Å². The Labute approximate surface area is 231 Å². The summed E-state index contributed by atoms with van der Waals surface area (Å²) < 4.78 is 32.9. The summed E-state index contributed by atoms with van der Waals surface area (Å²) in [5.74, 6) is 1.35. The van der Waals surface area contributed by atoms with Crippen molar-refractivity contribution in [3.8, 4) is 5.75 Å². The smallest absolute Gasteiger partial charge is 0.306 e. The Morgan fingerprint density at radius 2 is 2.13 bits per heavy atom. The van der Waals surface area contributed by atoms with Crippen LogP contribution in [0.4, 0.5) is 10.2 Å². The number of carbonyl (C=O) groups is 1. The molecule has 1 N–H and O–H groups in total. The van der Waals surface area contributed by atoms with Gasteiger partial charge in [0.15, 0.2) is 0 Å². The summed E-state index contributed by atoms with van der Waals surface area (Å²) >= 11 is 0. The number of carbonyl (C=O) groups excluding carboxylic acids is 1. The molecule has 7 nitrogen and oxygen atoms in total. The second kappa shape index (κ2) is 11.8. The van der Waals surface area contributed by atoms with Crippen molar-refractivity contribution in [3.63, 3.8) is 0 Å². The predicted molar refractivity (Wildman–Crippen MR) is 149 cm³/mol. The molecular formula is C31H42FN3O4. The first-order chi connectivity index (χ1) is 18.6. The van der Waals surface area contributed by atoms with Crippen molar-refractivity contribution >= 4 is 11.8 Å². The highest BCUT2D eigenvalue weighted by atomic mass is 19.1. The molecule has 0 spiro atoms. The molecule has 1 aromatic carbocycles. The van der Waals surface area contributed by atoms with Crippen LogP contribution in [-0.2, 0) is 27.1 Å². The Hall–Kier alpha value is -2.71. The zero-order valence-electron chi connectivity index (χ0n) is 23.5. The monoisotopic (exact) mass is 539 g/mol. The fourth-order valence-electron chi connectivity index (χ4n) is 5.64. The van der Waals surface area contributed by atoms with Gasteiger partial charge in [-0.25, -0.2) is 9.37 Å². The van der Waals surface area contributed by atoms with Crippen LogP contribution in [0.1, 0.15) is 69.2 Å². The number of rotatable bonds is 10. The third kappa shape index (κ3) is 7.70. The first-order valence-corrected chi connectivity index (χ1v) is 14.3. The van der Waals surface area contributed by atoms with E-state index in [1.165, 1.54) is 5.56 Å². The Kier molecular flexibility index (Phi) is 8.43. The fourth-order valence-corrected chi connectivity index (χ4v) is 5.64. The number of alkyl halides is 1. The summed E-state index contributed by atoms with van der Waals surface area (Å²) in [6.45, 7) is 9.36. The first kappa shape index (κ1) is 27.8. The number of hydrogen-bond donors (Lipinski definition) is 1. The second-order valence-electron chi connectivity index (χ2n) is 12.3. The number of fused-ring (bicyclic) bond motifs is 1. The zero-order chi connectivity index (χ0) is 27.5. The first-order valence-electron chi connectivity index (χ1n) is 14.3. The number of aryl methyl sites for hydroxylation is 2. The van der Waals surface area contributed by atoms with E-state index in [1.807, 2.05) is 51.1 Å². The molecule has 2 fully saturated rings. The van der Waals surface area contributed by atoms with Crippen LogP contribution < -0.4 is 10.1 Å². The van der Waals surface area contributed by atoms with E-state index in [4.69, 9.17) is 19.2 Å². The van der Waals surface area contributed by atoms with Crippen LogP contribution in [0.25, 0.3) is 0 Å². The summed E-state index contributed by atoms with van der Waals surface area (Å²) in [4.78, 5) is 19.8. The number of anilines is 1. The Morgan fingerprint density at radius 1 is 1.28 bits per heavy atom. The lowest BCUT2D eigenvalue weighted by Crippen LogP contribution is -2.38. The lowest BCUT2D eigenvalue weighted by Gasteiger charge is -2.28. The van der Waals surface area contributed by atoms with Gasteiger partial charge in [-0.15, -0.1) is 0 Å². The molecular weight excluding hydrogens is 497 g/mol. The number of aromatic nitrogens is 1. The maximum atomic E-state index is 16.0. The number of halogens is 1. The highest BCUT2D eigenvalue weighted by Crippen LogP contribution is 2.34. The lowest BCUT2D eigenvalue weighted by molar-refractivity contribution is -0.155. The number of pyridine rings is 1. The molecule has 1 aromatic heterocycles. The van der Waals surface area contributed by atoms with Gasteiger partial charge >= 0.3 is 5.97 Å². The van der Waals surface area contributed by atoms with Gasteiger partial charge in [-0.05, 0) is 82.2 Å². The van der Waals surface area contributed by atoms with E-state index in [0.29, 0.717) is 52.1 Å². The zero-order valence-corrected chi connectivity index (χ0v) is 23.5. The SMILES string of the molecule is CC(C)(C)OC(=O)C[C@H](CN1CC[C@@](F)(CCc2ccc3c(n2)NCCC3)C1)c1cccc(OC2COC2)c1. The van der Waals surface area contributed by atoms with E-state index in [2.05, 4.69) is 16.3 Å². The summed E-state index contributed by atoms with van der Waals surface area (Å²) in [5.41, 5.74) is 1.37. The molecule has 2 aromatic rings. The summed E-state index contributed by atoms with van der Waals surface area (Å²) in [7, 11) is 0. The van der Waals surface area contributed by atoms with Crippen LogP contribution in [0.5, 0.6) is 5.75 Å². The number of ether oxygens (including phenoxy) is 3. The van der Waals surface area contributed by atoms with E-state index in [1.54, 1.807) is 0 Å². The molecule has 0 amide bonds. The maximum Gasteiger partial charge on any atom is 0.306 e. The van der Waals surface area contributed by atoms with Gasteiger partial charge in [0, 0.05) is 37.8 Å². The molecule has 3 aliphatic heterocycles. The summed E-state index contributed by atoms with van der Waals surface area (Å²) in [6.07, 6.45) is 4.01. The Bertz CT molecular complexity index is 1150. The average Bonchev–Trinajstić information content (AvgIpc) is 3.24. The fraction of sp³-hybridized carbons (Fsp3) is 0.613. The van der Waals surface area contributed by atoms with Gasteiger partial charge in [-0.3, -0.25) is 9.69 Å². The molecule has 0 saturated carbocycles. The molecule has 0 bridgehead atoms. The predicted octanol–water partition coefficient (Wildman–Crippen LogP) is 5.08. The Balaban J connectivity index is 1.23. The standard InChI is InChI=1S/C31H42FN3O4/c1-30(2,3)39-28(36)17-24(23-6-4-8-26(16-23)38-27-19-37-20-27)18-35-15-13-31(32,21-35)12-11-25-10-9-22-7-5-14-33-29(22)34-25/h4,6,8-10,16,24,27H,5,7,11-15,17-21H2,1-3H3,(H,33,34)/t24-,31+/m1/s1. The van der Waals surface area contributed by atoms with Gasteiger partial charge in [0.2, 0.25) is 0 Å². The minimum Gasteiger partial charge on any atom is -0.486 e. The normalized spacial score (nSPS) is 22.5. The van der Waals surface area contributed by atoms with E-state index in [0.717, 1.165) is 42.2 Å². The molecule has 2 atom stereocenters. The molecule has 0 radical (unpaired) electrons. The van der Waals surface area contributed by atoms with Gasteiger partial charge in [0.25, 0.3) is 0 Å². The molecule has 212 valence electrons. The van der Waals surface area contributed by atoms with Gasteiger partial charge < -0.3 is 19.5 Å². The van der Waals surface area contributed by atoms with Crippen molar-refractivity contribution in [2.75, 3.05) is 44.7 Å². The number of likely N-dealkylation sites (tertiary alicyclic amines) is 1. The number of nitrogens with one attached hydrogen (secondary N) is 1. The number of esters is 1. The highest BCUT2D eigenvalue weighted by Gasteiger charge is 2.39. The second-order valence-corrected chi connectivity index (χ2v) is 12.3. The van der Waals surface area contributed by atoms with Crippen molar-refractivity contribution in [1.82, 2.24) is 9.88 Å². The molecule has 0 unspecified atom stereocenters. The molecule has 3 aliphatic rings. The van der Waals surface area contributed by atoms with Gasteiger partial charge in [0.05, 0.1) is 19.6 Å². The molecule has 4 heterocycles. The van der Waals surface area contributed by atoms with Crippen molar-refractivity contribution in [2.45, 2.75) is 82.6 Å². The van der Waals surface area contributed by atoms with Gasteiger partial charge in [0.1, 0.15) is 28.9 Å². The third-order valence-electron chi connectivity index (χ3n) is 7.72. The molecule has 39 heavy (non-hydrogen) atoms. The molecule has 8 heteroatoms. The van der Waals surface area contributed by atoms with Gasteiger partial charge in [-0.2, -0.15) is 0 Å². The van der Waals surface area contributed by atoms with Crippen LogP contribution >= 0.6 is 0 Å². The Morgan fingerprint density at radius 3 is 2.90 bits per heavy atom. The topological polar surface area (TPSA) is 72.9 Å². The lowest BCUT2D eigenvalue weighted by atomic mass is 9.94. The maximum absolute atomic E-state index is 16.0. The van der Waals surface area contributed by atoms with Crippen molar-refractivity contribution in [1.29, 1.82) is 0 Å². The van der Waals surface area contributed by atoms with Crippen LogP contribution in [-0.4, -0.2) is 72.6 Å². The van der Waals surface area contributed by atoms with Crippen LogP contribution in [0.15, 0.2) is 36.4 Å². The summed E-state index contributed by atoms with van der Waals surface area (Å²) in [5, 5.41) is 3.37. The quantitative estimate of drug-likeness (QED) is 0.422. The number of nitrogens with zero attached hydrogens (tertiary/aromatic N) is 2. The number of hydrogen-bond acceptors (Lipinski definition) is 7. The minimum absolute atomic E-state index is 0.0654. The van der Waals surface area contributed by atoms with Crippen LogP contribution in [0, 0.1) is 0 Å². The molecule has 2 saturated heterocycles. The van der Waals surface area contributed by atoms with Gasteiger partial charge in [-0.1, -0.05) is 18.2 Å². The van der Waals surface area contributed by atoms with Crippen molar-refractivity contribution in [2.24, 2.45) is 0 Å². The molecule has 0 aliphatic carbocycles. The van der Waals surface area contributed by atoms with E-state index >= 15 is 4.39 Å². The van der Waals surface area contributed by atoms with E-state index in [-0.39, 0.29) is 24.4 Å². The van der Waals surface area contributed by atoms with Crippen LogP contribution in [0.2, 0.25) is 0 Å². The number of benzene rings is 1. The van der Waals surface area contributed by atoms with Crippen LogP contribution in [0.3, 0.4) is 0 Å². The summed E-state index contributed by atoms with van der Waals surface area (Å²) in [6, 6.07) is 12.1. The van der Waals surface area contributed by atoms with Crippen molar-refractivity contribution in [3.05, 3.63) is 53.2 Å². The van der Waals surface area contributed by atoms with Crippen molar-refractivity contribution < 1.29 is 23.4 Å². The molecule has 5 rings (SSSR count). The largest absolute Gasteiger partial charge is 0.486 e.